The van der Waals surface area contributed by atoms with Gasteiger partial charge in [-0.2, -0.15) is 0 Å². The van der Waals surface area contributed by atoms with Crippen molar-refractivity contribution in [1.29, 1.82) is 0 Å². The predicted molar refractivity (Wildman–Crippen MR) is 110 cm³/mol. The fraction of sp³-hybridized carbons (Fsp3) is 0.154. The van der Waals surface area contributed by atoms with Crippen LogP contribution in [0.1, 0.15) is 44.5 Å². The van der Waals surface area contributed by atoms with Crippen LogP contribution in [0.4, 0.5) is 8.78 Å². The molecule has 0 unspecified atom stereocenters. The van der Waals surface area contributed by atoms with Crippen LogP contribution in [-0.2, 0) is 0 Å². The van der Waals surface area contributed by atoms with Crippen molar-refractivity contribution in [2.24, 2.45) is 0 Å². The summed E-state index contributed by atoms with van der Waals surface area (Å²) < 4.78 is 27.2. The summed E-state index contributed by atoms with van der Waals surface area (Å²) >= 11 is 0. The van der Waals surface area contributed by atoms with E-state index in [0.717, 1.165) is 16.7 Å². The van der Waals surface area contributed by atoms with Crippen molar-refractivity contribution in [3.63, 3.8) is 0 Å². The largest absolute Gasteiger partial charge is 0.207 e. The first kappa shape index (κ1) is 19.4. The van der Waals surface area contributed by atoms with Gasteiger partial charge in [0.25, 0.3) is 0 Å². The zero-order valence-electron chi connectivity index (χ0n) is 16.4. The molecule has 138 valence electrons. The lowest BCUT2D eigenvalue weighted by molar-refractivity contribution is 0.567. The SMILES string of the molecule is Cc1cc(C)c(C#Cc2ccc(C#Cc3cc(F)c(C)c(F)c3)cc2)c(C)c1. The summed E-state index contributed by atoms with van der Waals surface area (Å²) in [5, 5.41) is 0. The van der Waals surface area contributed by atoms with Crippen LogP contribution in [0, 0.1) is 63.0 Å². The highest BCUT2D eigenvalue weighted by atomic mass is 19.1. The Labute approximate surface area is 165 Å². The summed E-state index contributed by atoms with van der Waals surface area (Å²) in [4.78, 5) is 0. The second kappa shape index (κ2) is 8.12. The fourth-order valence-electron chi connectivity index (χ4n) is 3.01. The van der Waals surface area contributed by atoms with Crippen molar-refractivity contribution in [2.45, 2.75) is 27.7 Å². The first-order valence-corrected chi connectivity index (χ1v) is 9.01. The van der Waals surface area contributed by atoms with Crippen LogP contribution in [0.2, 0.25) is 0 Å². The van der Waals surface area contributed by atoms with E-state index in [2.05, 4.69) is 56.6 Å². The molecule has 3 aromatic rings. The maximum absolute atomic E-state index is 13.6. The molecular formula is C26H20F2. The highest BCUT2D eigenvalue weighted by Crippen LogP contribution is 2.16. The number of halogens is 2. The third-order valence-corrected chi connectivity index (χ3v) is 4.53. The maximum Gasteiger partial charge on any atom is 0.130 e. The third-order valence-electron chi connectivity index (χ3n) is 4.53. The van der Waals surface area contributed by atoms with Crippen LogP contribution in [0.15, 0.2) is 48.5 Å². The van der Waals surface area contributed by atoms with Crippen molar-refractivity contribution in [2.75, 3.05) is 0 Å². The smallest absolute Gasteiger partial charge is 0.130 e. The molecule has 0 bridgehead atoms. The van der Waals surface area contributed by atoms with E-state index in [0.29, 0.717) is 5.56 Å². The number of benzene rings is 3. The Morgan fingerprint density at radius 2 is 1.00 bits per heavy atom. The van der Waals surface area contributed by atoms with Gasteiger partial charge in [-0.05, 0) is 75.2 Å². The van der Waals surface area contributed by atoms with Crippen molar-refractivity contribution in [3.05, 3.63) is 105 Å². The Kier molecular flexibility index (Phi) is 5.62. The van der Waals surface area contributed by atoms with E-state index in [9.17, 15) is 8.78 Å². The Bertz CT molecular complexity index is 1120. The van der Waals surface area contributed by atoms with E-state index in [1.807, 2.05) is 24.3 Å². The van der Waals surface area contributed by atoms with Crippen LogP contribution >= 0.6 is 0 Å². The number of hydrogen-bond donors (Lipinski definition) is 0. The summed E-state index contributed by atoms with van der Waals surface area (Å²) in [6, 6.07) is 14.3. The van der Waals surface area contributed by atoms with E-state index in [1.54, 1.807) is 0 Å². The second-order valence-electron chi connectivity index (χ2n) is 6.92. The minimum absolute atomic E-state index is 0.00697. The van der Waals surface area contributed by atoms with E-state index in [-0.39, 0.29) is 5.56 Å². The average Bonchev–Trinajstić information content (AvgIpc) is 2.64. The summed E-state index contributed by atoms with van der Waals surface area (Å²) in [7, 11) is 0. The normalized spacial score (nSPS) is 9.93. The lowest BCUT2D eigenvalue weighted by Crippen LogP contribution is -1.90. The van der Waals surface area contributed by atoms with Gasteiger partial charge >= 0.3 is 0 Å². The molecule has 0 aliphatic rings. The van der Waals surface area contributed by atoms with Gasteiger partial charge in [0.1, 0.15) is 11.6 Å². The molecule has 0 aliphatic carbocycles. The molecule has 0 saturated carbocycles. The van der Waals surface area contributed by atoms with Crippen molar-refractivity contribution in [1.82, 2.24) is 0 Å². The lowest BCUT2D eigenvalue weighted by Gasteiger charge is -2.04. The van der Waals surface area contributed by atoms with Gasteiger partial charge in [0.2, 0.25) is 0 Å². The standard InChI is InChI=1S/C26H20F2/c1-17-13-18(2)24(19(3)14-17)12-11-22-7-5-21(6-8-22)9-10-23-15-25(27)20(4)26(28)16-23/h5-8,13-16H,1-4H3. The Morgan fingerprint density at radius 3 is 1.50 bits per heavy atom. The summed E-state index contributed by atoms with van der Waals surface area (Å²) in [5.74, 6) is 11.0. The van der Waals surface area contributed by atoms with Gasteiger partial charge in [-0.15, -0.1) is 0 Å². The average molecular weight is 370 g/mol. The van der Waals surface area contributed by atoms with Gasteiger partial charge in [0.05, 0.1) is 0 Å². The van der Waals surface area contributed by atoms with Gasteiger partial charge in [0, 0.05) is 27.8 Å². The van der Waals surface area contributed by atoms with Crippen molar-refractivity contribution >= 4 is 0 Å². The first-order valence-electron chi connectivity index (χ1n) is 9.01. The molecule has 3 rings (SSSR count). The molecule has 0 spiro atoms. The van der Waals surface area contributed by atoms with Gasteiger partial charge < -0.3 is 0 Å². The Morgan fingerprint density at radius 1 is 0.571 bits per heavy atom. The maximum atomic E-state index is 13.6. The van der Waals surface area contributed by atoms with Crippen molar-refractivity contribution < 1.29 is 8.78 Å². The fourth-order valence-corrected chi connectivity index (χ4v) is 3.01. The summed E-state index contributed by atoms with van der Waals surface area (Å²) in [6.07, 6.45) is 0. The minimum Gasteiger partial charge on any atom is -0.207 e. The molecule has 0 saturated heterocycles. The highest BCUT2D eigenvalue weighted by molar-refractivity contribution is 5.52. The second-order valence-corrected chi connectivity index (χ2v) is 6.92. The molecule has 0 aromatic heterocycles. The summed E-state index contributed by atoms with van der Waals surface area (Å²) in [6.45, 7) is 7.62. The molecule has 0 atom stereocenters. The van der Waals surface area contributed by atoms with Crippen LogP contribution in [0.3, 0.4) is 0 Å². The van der Waals surface area contributed by atoms with Crippen LogP contribution in [-0.4, -0.2) is 0 Å². The van der Waals surface area contributed by atoms with Gasteiger partial charge in [-0.1, -0.05) is 41.4 Å². The van der Waals surface area contributed by atoms with E-state index in [1.165, 1.54) is 35.7 Å². The predicted octanol–water partition coefficient (Wildman–Crippen LogP) is 6.00. The Hall–Kier alpha value is -3.36. The Balaban J connectivity index is 1.81. The molecule has 0 radical (unpaired) electrons. The molecule has 0 fully saturated rings. The quantitative estimate of drug-likeness (QED) is 0.426. The number of aryl methyl sites for hydroxylation is 3. The molecule has 2 heteroatoms. The molecule has 0 N–H and O–H groups in total. The molecule has 3 aromatic carbocycles. The van der Waals surface area contributed by atoms with Crippen LogP contribution in [0.5, 0.6) is 0 Å². The number of rotatable bonds is 0. The van der Waals surface area contributed by atoms with E-state index >= 15 is 0 Å². The first-order chi connectivity index (χ1) is 13.3. The molecule has 0 amide bonds. The minimum atomic E-state index is -0.586. The van der Waals surface area contributed by atoms with Gasteiger partial charge in [-0.3, -0.25) is 0 Å². The molecule has 0 aliphatic heterocycles. The van der Waals surface area contributed by atoms with E-state index in [4.69, 9.17) is 0 Å². The summed E-state index contributed by atoms with van der Waals surface area (Å²) in [5.41, 5.74) is 6.60. The van der Waals surface area contributed by atoms with Gasteiger partial charge in [-0.25, -0.2) is 8.78 Å². The molecule has 28 heavy (non-hydrogen) atoms. The molecule has 0 nitrogen and oxygen atoms in total. The van der Waals surface area contributed by atoms with Crippen LogP contribution < -0.4 is 0 Å². The molecule has 0 heterocycles. The zero-order valence-corrected chi connectivity index (χ0v) is 16.4. The monoisotopic (exact) mass is 370 g/mol. The highest BCUT2D eigenvalue weighted by Gasteiger charge is 2.05. The lowest BCUT2D eigenvalue weighted by atomic mass is 10.00. The molecular weight excluding hydrogens is 350 g/mol. The van der Waals surface area contributed by atoms with Gasteiger partial charge in [0.15, 0.2) is 0 Å². The number of hydrogen-bond acceptors (Lipinski definition) is 0. The van der Waals surface area contributed by atoms with Crippen molar-refractivity contribution in [3.8, 4) is 23.7 Å². The third kappa shape index (κ3) is 4.48. The topological polar surface area (TPSA) is 0 Å². The van der Waals surface area contributed by atoms with Crippen LogP contribution in [0.25, 0.3) is 0 Å². The zero-order chi connectivity index (χ0) is 20.3. The van der Waals surface area contributed by atoms with E-state index < -0.39 is 11.6 Å².